The van der Waals surface area contributed by atoms with E-state index in [-0.39, 0.29) is 12.3 Å². The van der Waals surface area contributed by atoms with Crippen LogP contribution in [0.25, 0.3) is 69.9 Å². The predicted molar refractivity (Wildman–Crippen MR) is 240 cm³/mol. The number of nitrogens with zero attached hydrogens (tertiary/aromatic N) is 3. The topological polar surface area (TPSA) is 32.6 Å². The maximum absolute atomic E-state index is 5.39. The molecule has 0 bridgehead atoms. The van der Waals surface area contributed by atoms with E-state index < -0.39 is 0 Å². The molecule has 4 nitrogen and oxygen atoms in total. The van der Waals surface area contributed by atoms with Crippen molar-refractivity contribution in [3.05, 3.63) is 211 Å². The predicted octanol–water partition coefficient (Wildman–Crippen LogP) is 13.2. The fourth-order valence-corrected chi connectivity index (χ4v) is 10.1. The van der Waals surface area contributed by atoms with Crippen LogP contribution in [0.3, 0.4) is 0 Å². The van der Waals surface area contributed by atoms with Crippen LogP contribution in [-0.2, 0) is 0 Å². The van der Waals surface area contributed by atoms with Crippen molar-refractivity contribution in [3.63, 3.8) is 0 Å². The van der Waals surface area contributed by atoms with Crippen LogP contribution in [0.5, 0.6) is 0 Å². The van der Waals surface area contributed by atoms with Crippen LogP contribution >= 0.6 is 11.3 Å². The number of thiophene rings is 1. The Kier molecular flexibility index (Phi) is 8.09. The van der Waals surface area contributed by atoms with E-state index in [1.54, 1.807) is 0 Å². The zero-order chi connectivity index (χ0) is 37.9. The number of para-hydroxylation sites is 2. The molecule has 57 heavy (non-hydrogen) atoms. The summed E-state index contributed by atoms with van der Waals surface area (Å²) >= 11 is 1.88. The van der Waals surface area contributed by atoms with Crippen molar-refractivity contribution < 1.29 is 0 Å². The van der Waals surface area contributed by atoms with Crippen molar-refractivity contribution >= 4 is 59.2 Å². The van der Waals surface area contributed by atoms with Gasteiger partial charge in [-0.15, -0.1) is 11.3 Å². The molecular weight excluding hydrogens is 713 g/mol. The Morgan fingerprint density at radius 3 is 2.04 bits per heavy atom. The standard InChI is InChI=1S/C52H38N4S/c1-55-51(38-21-13-20-36(32-38)34-16-5-2-6-17-34)53-50(35-18-7-3-8-19-35)54-52(55)43-27-14-26-42-48-40(25-15-29-47(48)57-49(42)43)37-30-31-46-44(33-37)41-24-11-12-28-45(41)56(46)39-22-9-4-10-23-39/h2-33,50,52,54H,1H3. The molecule has 2 aromatic heterocycles. The second-order valence-electron chi connectivity index (χ2n) is 14.8. The Labute approximate surface area is 335 Å². The van der Waals surface area contributed by atoms with E-state index in [9.17, 15) is 0 Å². The summed E-state index contributed by atoms with van der Waals surface area (Å²) < 4.78 is 4.95. The van der Waals surface area contributed by atoms with Gasteiger partial charge in [-0.05, 0) is 70.3 Å². The Morgan fingerprint density at radius 1 is 0.526 bits per heavy atom. The van der Waals surface area contributed by atoms with Gasteiger partial charge < -0.3 is 9.47 Å². The van der Waals surface area contributed by atoms with E-state index >= 15 is 0 Å². The highest BCUT2D eigenvalue weighted by Gasteiger charge is 2.32. The van der Waals surface area contributed by atoms with E-state index in [0.717, 1.165) is 17.0 Å². The van der Waals surface area contributed by atoms with Crippen molar-refractivity contribution in [3.8, 4) is 27.9 Å². The molecule has 0 fully saturated rings. The van der Waals surface area contributed by atoms with E-state index in [4.69, 9.17) is 4.99 Å². The van der Waals surface area contributed by atoms with Crippen LogP contribution in [0, 0.1) is 0 Å². The maximum atomic E-state index is 5.39. The summed E-state index contributed by atoms with van der Waals surface area (Å²) in [7, 11) is 2.17. The lowest BCUT2D eigenvalue weighted by Gasteiger charge is -2.39. The van der Waals surface area contributed by atoms with E-state index in [0.29, 0.717) is 0 Å². The van der Waals surface area contributed by atoms with Gasteiger partial charge in [-0.25, -0.2) is 4.99 Å². The van der Waals surface area contributed by atoms with Crippen LogP contribution in [0.15, 0.2) is 199 Å². The molecule has 1 N–H and O–H groups in total. The molecule has 8 aromatic carbocycles. The molecule has 0 saturated heterocycles. The summed E-state index contributed by atoms with van der Waals surface area (Å²) in [6, 6.07) is 70.0. The van der Waals surface area contributed by atoms with Crippen molar-refractivity contribution in [2.24, 2.45) is 4.99 Å². The van der Waals surface area contributed by atoms with Crippen LogP contribution < -0.4 is 5.32 Å². The van der Waals surface area contributed by atoms with Crippen molar-refractivity contribution in [1.29, 1.82) is 0 Å². The molecule has 0 saturated carbocycles. The zero-order valence-electron chi connectivity index (χ0n) is 31.4. The summed E-state index contributed by atoms with van der Waals surface area (Å²) in [4.78, 5) is 7.71. The number of aliphatic imine (C=N–C) groups is 1. The molecule has 11 rings (SSSR count). The molecule has 1 aliphatic rings. The molecular formula is C52H38N4S. The lowest BCUT2D eigenvalue weighted by molar-refractivity contribution is 0.259. The maximum Gasteiger partial charge on any atom is 0.134 e. The van der Waals surface area contributed by atoms with E-state index in [1.807, 2.05) is 11.3 Å². The third kappa shape index (κ3) is 5.66. The second-order valence-corrected chi connectivity index (χ2v) is 15.9. The number of amidine groups is 1. The van der Waals surface area contributed by atoms with Crippen molar-refractivity contribution in [2.45, 2.75) is 12.3 Å². The number of rotatable bonds is 6. The van der Waals surface area contributed by atoms with Gasteiger partial charge in [0, 0.05) is 54.8 Å². The Hall–Kier alpha value is -6.79. The molecule has 2 atom stereocenters. The number of aromatic nitrogens is 1. The van der Waals surface area contributed by atoms with Gasteiger partial charge in [0.15, 0.2) is 0 Å². The third-order valence-corrected chi connectivity index (χ3v) is 12.7. The minimum absolute atomic E-state index is 0.122. The molecule has 0 radical (unpaired) electrons. The van der Waals surface area contributed by atoms with Gasteiger partial charge in [-0.2, -0.15) is 0 Å². The average molecular weight is 751 g/mol. The fourth-order valence-electron chi connectivity index (χ4n) is 8.81. The first-order valence-corrected chi connectivity index (χ1v) is 20.3. The number of fused-ring (bicyclic) bond motifs is 6. The molecule has 0 amide bonds. The van der Waals surface area contributed by atoms with Gasteiger partial charge in [0.1, 0.15) is 18.2 Å². The van der Waals surface area contributed by atoms with Gasteiger partial charge >= 0.3 is 0 Å². The Bertz CT molecular complexity index is 3130. The first kappa shape index (κ1) is 33.5. The number of hydrogen-bond donors (Lipinski definition) is 1. The lowest BCUT2D eigenvalue weighted by atomic mass is 9.96. The van der Waals surface area contributed by atoms with Crippen molar-refractivity contribution in [2.75, 3.05) is 7.05 Å². The first-order valence-electron chi connectivity index (χ1n) is 19.5. The monoisotopic (exact) mass is 750 g/mol. The van der Waals surface area contributed by atoms with E-state index in [2.05, 4.69) is 216 Å². The van der Waals surface area contributed by atoms with Crippen LogP contribution in [0.4, 0.5) is 0 Å². The third-order valence-electron chi connectivity index (χ3n) is 11.5. The highest BCUT2D eigenvalue weighted by atomic mass is 32.1. The van der Waals surface area contributed by atoms with Gasteiger partial charge in [-0.3, -0.25) is 5.32 Å². The summed E-state index contributed by atoms with van der Waals surface area (Å²) in [5.74, 6) is 0.965. The van der Waals surface area contributed by atoms with Gasteiger partial charge in [-0.1, -0.05) is 152 Å². The Morgan fingerprint density at radius 2 is 1.19 bits per heavy atom. The number of hydrogen-bond acceptors (Lipinski definition) is 4. The molecule has 0 spiro atoms. The molecule has 1 aliphatic heterocycles. The van der Waals surface area contributed by atoms with Gasteiger partial charge in [0.05, 0.1) is 11.0 Å². The van der Waals surface area contributed by atoms with E-state index in [1.165, 1.54) is 75.5 Å². The SMILES string of the molecule is CN1C(c2cccc(-c3ccccc3)c2)=NC(c2ccccc2)NC1c1cccc2c1sc1cccc(-c3ccc4c(c3)c3ccccc3n4-c3ccccc3)c12. The molecule has 10 aromatic rings. The zero-order valence-corrected chi connectivity index (χ0v) is 32.2. The minimum atomic E-state index is -0.215. The van der Waals surface area contributed by atoms with Crippen molar-refractivity contribution in [1.82, 2.24) is 14.8 Å². The van der Waals surface area contributed by atoms with Gasteiger partial charge in [0.25, 0.3) is 0 Å². The summed E-state index contributed by atoms with van der Waals surface area (Å²) in [6.45, 7) is 0. The number of nitrogens with one attached hydrogen (secondary N) is 1. The molecule has 272 valence electrons. The molecule has 3 heterocycles. The Balaban J connectivity index is 1.05. The largest absolute Gasteiger partial charge is 0.340 e. The minimum Gasteiger partial charge on any atom is -0.340 e. The molecule has 5 heteroatoms. The van der Waals surface area contributed by atoms with Crippen LogP contribution in [-0.4, -0.2) is 22.4 Å². The van der Waals surface area contributed by atoms with Crippen LogP contribution in [0.2, 0.25) is 0 Å². The smallest absolute Gasteiger partial charge is 0.134 e. The number of benzene rings is 8. The summed E-state index contributed by atoms with van der Waals surface area (Å²) in [6.07, 6.45) is -0.337. The first-order chi connectivity index (χ1) is 28.2. The quantitative estimate of drug-likeness (QED) is 0.184. The highest BCUT2D eigenvalue weighted by molar-refractivity contribution is 7.26. The molecule has 0 aliphatic carbocycles. The summed E-state index contributed by atoms with van der Waals surface area (Å²) in [5.41, 5.74) is 11.9. The fraction of sp³-hybridized carbons (Fsp3) is 0.0577. The summed E-state index contributed by atoms with van der Waals surface area (Å²) in [5, 5.41) is 9.05. The second kappa shape index (κ2) is 13.7. The van der Waals surface area contributed by atoms with Gasteiger partial charge in [0.2, 0.25) is 0 Å². The highest BCUT2D eigenvalue weighted by Crippen LogP contribution is 2.45. The lowest BCUT2D eigenvalue weighted by Crippen LogP contribution is -2.46. The molecule has 2 unspecified atom stereocenters. The van der Waals surface area contributed by atoms with Crippen LogP contribution in [0.1, 0.15) is 29.0 Å². The normalized spacial score (nSPS) is 15.8. The average Bonchev–Trinajstić information content (AvgIpc) is 3.83.